The monoisotopic (exact) mass is 370 g/mol. The second kappa shape index (κ2) is 7.69. The van der Waals surface area contributed by atoms with Crippen LogP contribution in [0.4, 0.5) is 0 Å². The zero-order chi connectivity index (χ0) is 18.6. The van der Waals surface area contributed by atoms with Gasteiger partial charge in [0.15, 0.2) is 0 Å². The lowest BCUT2D eigenvalue weighted by Crippen LogP contribution is -2.27. The van der Waals surface area contributed by atoms with Crippen molar-refractivity contribution >= 4 is 17.7 Å². The maximum atomic E-state index is 13.0. The Morgan fingerprint density at radius 3 is 2.52 bits per heavy atom. The standard InChI is InChI=1S/C23H18N2OS/c24-15-17-8-2-5-11-21(17)27-22-12-6-4-10-19(22)23(26)25-20-14-13-16-7-1-3-9-18(16)20/h1-12,20H,13-14H2,(H,25,26). The number of nitriles is 1. The van der Waals surface area contributed by atoms with Crippen LogP contribution in [-0.4, -0.2) is 5.91 Å². The highest BCUT2D eigenvalue weighted by molar-refractivity contribution is 7.99. The van der Waals surface area contributed by atoms with E-state index < -0.39 is 0 Å². The Hall–Kier alpha value is -3.03. The van der Waals surface area contributed by atoms with Crippen LogP contribution in [0.5, 0.6) is 0 Å². The van der Waals surface area contributed by atoms with E-state index in [0.717, 1.165) is 22.6 Å². The molecule has 0 saturated heterocycles. The molecule has 1 amide bonds. The van der Waals surface area contributed by atoms with E-state index in [1.54, 1.807) is 6.07 Å². The van der Waals surface area contributed by atoms with E-state index in [4.69, 9.17) is 0 Å². The molecule has 0 radical (unpaired) electrons. The molecule has 3 aromatic rings. The molecule has 0 aromatic heterocycles. The molecule has 1 atom stereocenters. The van der Waals surface area contributed by atoms with Gasteiger partial charge in [0.1, 0.15) is 6.07 Å². The van der Waals surface area contributed by atoms with Gasteiger partial charge in [-0.25, -0.2) is 0 Å². The molecule has 27 heavy (non-hydrogen) atoms. The summed E-state index contributed by atoms with van der Waals surface area (Å²) in [5.41, 5.74) is 3.78. The zero-order valence-electron chi connectivity index (χ0n) is 14.7. The first kappa shape index (κ1) is 17.4. The number of nitrogens with zero attached hydrogens (tertiary/aromatic N) is 1. The van der Waals surface area contributed by atoms with E-state index in [1.165, 1.54) is 22.9 Å². The van der Waals surface area contributed by atoms with Crippen LogP contribution in [-0.2, 0) is 6.42 Å². The lowest BCUT2D eigenvalue weighted by molar-refractivity contribution is 0.0934. The molecule has 4 rings (SSSR count). The molecule has 0 saturated carbocycles. The lowest BCUT2D eigenvalue weighted by Gasteiger charge is -2.16. The van der Waals surface area contributed by atoms with Crippen molar-refractivity contribution in [2.24, 2.45) is 0 Å². The Labute approximate surface area is 163 Å². The third kappa shape index (κ3) is 3.60. The van der Waals surface area contributed by atoms with Gasteiger partial charge in [-0.3, -0.25) is 4.79 Å². The van der Waals surface area contributed by atoms with Crippen LogP contribution in [0.1, 0.15) is 39.5 Å². The molecule has 1 aliphatic rings. The molecule has 132 valence electrons. The fraction of sp³-hybridized carbons (Fsp3) is 0.130. The Kier molecular flexibility index (Phi) is 4.95. The third-order valence-corrected chi connectivity index (χ3v) is 5.95. The number of fused-ring (bicyclic) bond motifs is 1. The van der Waals surface area contributed by atoms with Gasteiger partial charge in [-0.05, 0) is 48.2 Å². The number of carbonyl (C=O) groups is 1. The summed E-state index contributed by atoms with van der Waals surface area (Å²) in [7, 11) is 0. The number of aryl methyl sites for hydroxylation is 1. The van der Waals surface area contributed by atoms with E-state index in [1.807, 2.05) is 54.6 Å². The van der Waals surface area contributed by atoms with Gasteiger partial charge in [0.2, 0.25) is 0 Å². The molecule has 3 nitrogen and oxygen atoms in total. The number of benzene rings is 3. The molecule has 1 unspecified atom stereocenters. The molecule has 0 fully saturated rings. The molecule has 0 bridgehead atoms. The first-order valence-electron chi connectivity index (χ1n) is 8.91. The van der Waals surface area contributed by atoms with Crippen LogP contribution < -0.4 is 5.32 Å². The first-order valence-corrected chi connectivity index (χ1v) is 9.72. The van der Waals surface area contributed by atoms with E-state index in [2.05, 4.69) is 23.5 Å². The molecular formula is C23H18N2OS. The van der Waals surface area contributed by atoms with Gasteiger partial charge in [0, 0.05) is 9.79 Å². The van der Waals surface area contributed by atoms with Crippen molar-refractivity contribution in [3.05, 3.63) is 95.1 Å². The highest BCUT2D eigenvalue weighted by Crippen LogP contribution is 2.34. The van der Waals surface area contributed by atoms with Gasteiger partial charge in [0.05, 0.1) is 17.2 Å². The molecular weight excluding hydrogens is 352 g/mol. The molecule has 0 aliphatic heterocycles. The highest BCUT2D eigenvalue weighted by Gasteiger charge is 2.24. The fourth-order valence-electron chi connectivity index (χ4n) is 3.45. The van der Waals surface area contributed by atoms with Crippen molar-refractivity contribution in [3.8, 4) is 6.07 Å². The predicted octanol–water partition coefficient (Wildman–Crippen LogP) is 5.13. The summed E-state index contributed by atoms with van der Waals surface area (Å²) < 4.78 is 0. The summed E-state index contributed by atoms with van der Waals surface area (Å²) in [5, 5.41) is 12.5. The molecule has 3 aromatic carbocycles. The highest BCUT2D eigenvalue weighted by atomic mass is 32.2. The maximum Gasteiger partial charge on any atom is 0.252 e. The Balaban J connectivity index is 1.58. The van der Waals surface area contributed by atoms with Crippen LogP contribution in [0.15, 0.2) is 82.6 Å². The average Bonchev–Trinajstić information content (AvgIpc) is 3.12. The van der Waals surface area contributed by atoms with E-state index in [-0.39, 0.29) is 11.9 Å². The lowest BCUT2D eigenvalue weighted by atomic mass is 10.1. The van der Waals surface area contributed by atoms with Gasteiger partial charge >= 0.3 is 0 Å². The van der Waals surface area contributed by atoms with Gasteiger partial charge in [-0.15, -0.1) is 0 Å². The Morgan fingerprint density at radius 2 is 1.67 bits per heavy atom. The molecule has 0 heterocycles. The van der Waals surface area contributed by atoms with Crippen molar-refractivity contribution in [2.45, 2.75) is 28.7 Å². The van der Waals surface area contributed by atoms with Crippen LogP contribution in [0.2, 0.25) is 0 Å². The van der Waals surface area contributed by atoms with Gasteiger partial charge < -0.3 is 5.32 Å². The first-order chi connectivity index (χ1) is 13.3. The summed E-state index contributed by atoms with van der Waals surface area (Å²) in [4.78, 5) is 14.7. The van der Waals surface area contributed by atoms with Crippen LogP contribution >= 0.6 is 11.8 Å². The van der Waals surface area contributed by atoms with Crippen molar-refractivity contribution < 1.29 is 4.79 Å². The van der Waals surface area contributed by atoms with Gasteiger partial charge in [-0.1, -0.05) is 60.3 Å². The topological polar surface area (TPSA) is 52.9 Å². The normalized spacial score (nSPS) is 15.0. The zero-order valence-corrected chi connectivity index (χ0v) is 15.5. The second-order valence-corrected chi connectivity index (χ2v) is 7.55. The average molecular weight is 370 g/mol. The molecule has 1 aliphatic carbocycles. The SMILES string of the molecule is N#Cc1ccccc1Sc1ccccc1C(=O)NC1CCc2ccccc21. The number of hydrogen-bond donors (Lipinski definition) is 1. The maximum absolute atomic E-state index is 13.0. The van der Waals surface area contributed by atoms with Crippen molar-refractivity contribution in [2.75, 3.05) is 0 Å². The van der Waals surface area contributed by atoms with Crippen LogP contribution in [0.3, 0.4) is 0 Å². The smallest absolute Gasteiger partial charge is 0.252 e. The number of hydrogen-bond acceptors (Lipinski definition) is 3. The molecule has 4 heteroatoms. The van der Waals surface area contributed by atoms with Gasteiger partial charge in [-0.2, -0.15) is 5.26 Å². The van der Waals surface area contributed by atoms with Crippen molar-refractivity contribution in [1.82, 2.24) is 5.32 Å². The summed E-state index contributed by atoms with van der Waals surface area (Å²) in [6.07, 6.45) is 1.92. The third-order valence-electron chi connectivity index (χ3n) is 4.80. The minimum Gasteiger partial charge on any atom is -0.345 e. The molecule has 0 spiro atoms. The van der Waals surface area contributed by atoms with Crippen molar-refractivity contribution in [1.29, 1.82) is 5.26 Å². The largest absolute Gasteiger partial charge is 0.345 e. The van der Waals surface area contributed by atoms with E-state index in [9.17, 15) is 10.1 Å². The number of amides is 1. The summed E-state index contributed by atoms with van der Waals surface area (Å²) in [6.45, 7) is 0. The summed E-state index contributed by atoms with van der Waals surface area (Å²) in [6, 6.07) is 25.6. The van der Waals surface area contributed by atoms with Crippen LogP contribution in [0, 0.1) is 11.3 Å². The number of nitrogens with one attached hydrogen (secondary N) is 1. The summed E-state index contributed by atoms with van der Waals surface area (Å²) in [5.74, 6) is -0.0748. The van der Waals surface area contributed by atoms with E-state index >= 15 is 0 Å². The Bertz CT molecular complexity index is 1040. The predicted molar refractivity (Wildman–Crippen MR) is 107 cm³/mol. The second-order valence-electron chi connectivity index (χ2n) is 6.47. The van der Waals surface area contributed by atoms with Gasteiger partial charge in [0.25, 0.3) is 5.91 Å². The number of carbonyl (C=O) groups excluding carboxylic acids is 1. The van der Waals surface area contributed by atoms with E-state index in [0.29, 0.717) is 11.1 Å². The Morgan fingerprint density at radius 1 is 0.963 bits per heavy atom. The fourth-order valence-corrected chi connectivity index (χ4v) is 4.48. The van der Waals surface area contributed by atoms with Crippen molar-refractivity contribution in [3.63, 3.8) is 0 Å². The minimum atomic E-state index is -0.0748. The minimum absolute atomic E-state index is 0.0538. The molecule has 1 N–H and O–H groups in total. The van der Waals surface area contributed by atoms with Crippen LogP contribution in [0.25, 0.3) is 0 Å². The summed E-state index contributed by atoms with van der Waals surface area (Å²) >= 11 is 1.45. The quantitative estimate of drug-likeness (QED) is 0.693. The number of rotatable bonds is 4.